The van der Waals surface area contributed by atoms with Crippen molar-refractivity contribution in [2.24, 2.45) is 0 Å². The topological polar surface area (TPSA) is 106 Å². The predicted octanol–water partition coefficient (Wildman–Crippen LogP) is 3.05. The summed E-state index contributed by atoms with van der Waals surface area (Å²) in [7, 11) is 0. The molecule has 4 rings (SSSR count). The maximum atomic E-state index is 12.7. The Morgan fingerprint density at radius 2 is 1.73 bits per heavy atom. The van der Waals surface area contributed by atoms with E-state index in [9.17, 15) is 19.2 Å². The summed E-state index contributed by atoms with van der Waals surface area (Å²) in [5.41, 5.74) is 2.06. The first-order valence-corrected chi connectivity index (χ1v) is 10.4. The van der Waals surface area contributed by atoms with Crippen LogP contribution in [-0.4, -0.2) is 36.2 Å². The number of ether oxygens (including phenoxy) is 1. The van der Waals surface area contributed by atoms with Crippen molar-refractivity contribution >= 4 is 29.3 Å². The van der Waals surface area contributed by atoms with Crippen molar-refractivity contribution in [1.29, 1.82) is 0 Å². The van der Waals surface area contributed by atoms with Crippen LogP contribution < -0.4 is 10.2 Å². The summed E-state index contributed by atoms with van der Waals surface area (Å²) in [6, 6.07) is 15.8. The molecule has 1 aliphatic rings. The quantitative estimate of drug-likeness (QED) is 0.322. The number of benzene rings is 2. The average molecular weight is 446 g/mol. The molecule has 1 aliphatic heterocycles. The molecule has 2 aromatic carbocycles. The standard InChI is InChI=1S/C25H22N2O6/c1-16-4-6-17(7-5-16)22(28)15-33-25(31)18-8-10-19(11-9-18)27-23(29)13-21(24(27)30)26-14-20-3-2-12-32-20/h2-12,21,26H,13-15H2,1H3. The highest BCUT2D eigenvalue weighted by Crippen LogP contribution is 2.24. The number of nitrogens with zero attached hydrogens (tertiary/aromatic N) is 1. The largest absolute Gasteiger partial charge is 0.468 e. The third-order valence-electron chi connectivity index (χ3n) is 5.32. The second-order valence-electron chi connectivity index (χ2n) is 7.70. The van der Waals surface area contributed by atoms with Gasteiger partial charge in [-0.1, -0.05) is 29.8 Å². The molecule has 1 N–H and O–H groups in total. The van der Waals surface area contributed by atoms with E-state index in [1.165, 1.54) is 30.5 Å². The molecule has 2 heterocycles. The van der Waals surface area contributed by atoms with Crippen molar-refractivity contribution in [3.05, 3.63) is 89.4 Å². The van der Waals surface area contributed by atoms with Gasteiger partial charge in [-0.2, -0.15) is 0 Å². The number of aryl methyl sites for hydroxylation is 1. The van der Waals surface area contributed by atoms with Crippen LogP contribution in [0.25, 0.3) is 0 Å². The fourth-order valence-electron chi connectivity index (χ4n) is 3.48. The molecule has 8 heteroatoms. The lowest BCUT2D eigenvalue weighted by atomic mass is 10.1. The number of carbonyl (C=O) groups excluding carboxylic acids is 4. The molecule has 1 fully saturated rings. The number of anilines is 1. The van der Waals surface area contributed by atoms with Crippen LogP contribution in [0.3, 0.4) is 0 Å². The molecule has 0 spiro atoms. The summed E-state index contributed by atoms with van der Waals surface area (Å²) in [5, 5.41) is 3.03. The van der Waals surface area contributed by atoms with E-state index in [1.54, 1.807) is 24.3 Å². The summed E-state index contributed by atoms with van der Waals surface area (Å²) in [6.07, 6.45) is 1.57. The van der Waals surface area contributed by atoms with E-state index in [4.69, 9.17) is 9.15 Å². The number of hydrogen-bond donors (Lipinski definition) is 1. The summed E-state index contributed by atoms with van der Waals surface area (Å²) in [5.74, 6) is -1.01. The van der Waals surface area contributed by atoms with E-state index < -0.39 is 12.0 Å². The Labute approximate surface area is 190 Å². The Hall–Kier alpha value is -4.04. The van der Waals surface area contributed by atoms with Gasteiger partial charge in [0.2, 0.25) is 5.91 Å². The number of furan rings is 1. The smallest absolute Gasteiger partial charge is 0.338 e. The van der Waals surface area contributed by atoms with Crippen LogP contribution in [-0.2, 0) is 20.9 Å². The third kappa shape index (κ3) is 5.07. The molecular formula is C25H22N2O6. The van der Waals surface area contributed by atoms with E-state index in [1.807, 2.05) is 19.1 Å². The fourth-order valence-corrected chi connectivity index (χ4v) is 3.48. The van der Waals surface area contributed by atoms with Gasteiger partial charge in [-0.3, -0.25) is 19.7 Å². The van der Waals surface area contributed by atoms with Crippen LogP contribution in [0.1, 0.15) is 38.5 Å². The number of carbonyl (C=O) groups is 4. The molecule has 0 saturated carbocycles. The van der Waals surface area contributed by atoms with E-state index in [2.05, 4.69) is 5.32 Å². The summed E-state index contributed by atoms with van der Waals surface area (Å²) < 4.78 is 10.3. The minimum atomic E-state index is -0.668. The van der Waals surface area contributed by atoms with Crippen molar-refractivity contribution in [1.82, 2.24) is 5.32 Å². The van der Waals surface area contributed by atoms with Gasteiger partial charge in [0.1, 0.15) is 5.76 Å². The molecule has 0 bridgehead atoms. The molecule has 0 aliphatic carbocycles. The van der Waals surface area contributed by atoms with E-state index >= 15 is 0 Å². The maximum Gasteiger partial charge on any atom is 0.338 e. The SMILES string of the molecule is Cc1ccc(C(=O)COC(=O)c2ccc(N3C(=O)CC(NCc4ccco4)C3=O)cc2)cc1. The Morgan fingerprint density at radius 3 is 2.39 bits per heavy atom. The lowest BCUT2D eigenvalue weighted by Gasteiger charge is -2.15. The fraction of sp³-hybridized carbons (Fsp3) is 0.200. The molecule has 8 nitrogen and oxygen atoms in total. The minimum Gasteiger partial charge on any atom is -0.468 e. The van der Waals surface area contributed by atoms with Crippen LogP contribution in [0.15, 0.2) is 71.3 Å². The van der Waals surface area contributed by atoms with Crippen molar-refractivity contribution < 1.29 is 28.3 Å². The molecule has 1 saturated heterocycles. The first-order valence-electron chi connectivity index (χ1n) is 10.4. The number of esters is 1. The van der Waals surface area contributed by atoms with Gasteiger partial charge >= 0.3 is 5.97 Å². The molecule has 33 heavy (non-hydrogen) atoms. The third-order valence-corrected chi connectivity index (χ3v) is 5.32. The second-order valence-corrected chi connectivity index (χ2v) is 7.70. The van der Waals surface area contributed by atoms with Crippen molar-refractivity contribution in [2.75, 3.05) is 11.5 Å². The van der Waals surface area contributed by atoms with Gasteiger partial charge in [0.25, 0.3) is 5.91 Å². The molecule has 1 aromatic heterocycles. The molecule has 3 aromatic rings. The number of hydrogen-bond acceptors (Lipinski definition) is 7. The van der Waals surface area contributed by atoms with E-state index in [0.29, 0.717) is 23.6 Å². The second kappa shape index (κ2) is 9.62. The molecule has 0 radical (unpaired) electrons. The Bertz CT molecular complexity index is 1170. The lowest BCUT2D eigenvalue weighted by Crippen LogP contribution is -2.38. The van der Waals surface area contributed by atoms with Gasteiger partial charge in [0.05, 0.1) is 36.5 Å². The van der Waals surface area contributed by atoms with Gasteiger partial charge in [0, 0.05) is 5.56 Å². The normalized spacial score (nSPS) is 15.7. The van der Waals surface area contributed by atoms with Crippen LogP contribution >= 0.6 is 0 Å². The number of Topliss-reactive ketones (excluding diaryl/α,β-unsaturated/α-hetero) is 1. The zero-order valence-corrected chi connectivity index (χ0v) is 17.9. The Kier molecular flexibility index (Phi) is 6.46. The lowest BCUT2D eigenvalue weighted by molar-refractivity contribution is -0.121. The van der Waals surface area contributed by atoms with Crippen LogP contribution in [0.2, 0.25) is 0 Å². The van der Waals surface area contributed by atoms with Gasteiger partial charge < -0.3 is 9.15 Å². The summed E-state index contributed by atoms with van der Waals surface area (Å²) in [6.45, 7) is 1.87. The number of rotatable bonds is 8. The Morgan fingerprint density at radius 1 is 1.03 bits per heavy atom. The first kappa shape index (κ1) is 22.2. The molecular weight excluding hydrogens is 424 g/mol. The van der Waals surface area contributed by atoms with Crippen LogP contribution in [0.4, 0.5) is 5.69 Å². The van der Waals surface area contributed by atoms with E-state index in [0.717, 1.165) is 10.5 Å². The Balaban J connectivity index is 1.34. The zero-order chi connectivity index (χ0) is 23.4. The molecule has 1 unspecified atom stereocenters. The number of ketones is 1. The van der Waals surface area contributed by atoms with Crippen molar-refractivity contribution in [3.8, 4) is 0 Å². The van der Waals surface area contributed by atoms with Gasteiger partial charge in [-0.25, -0.2) is 9.69 Å². The number of imide groups is 1. The van der Waals surface area contributed by atoms with Crippen molar-refractivity contribution in [2.45, 2.75) is 25.9 Å². The summed E-state index contributed by atoms with van der Waals surface area (Å²) in [4.78, 5) is 50.7. The monoisotopic (exact) mass is 446 g/mol. The predicted molar refractivity (Wildman–Crippen MR) is 119 cm³/mol. The number of nitrogens with one attached hydrogen (secondary N) is 1. The van der Waals surface area contributed by atoms with Gasteiger partial charge in [-0.15, -0.1) is 0 Å². The van der Waals surface area contributed by atoms with Crippen molar-refractivity contribution in [3.63, 3.8) is 0 Å². The minimum absolute atomic E-state index is 0.0322. The maximum absolute atomic E-state index is 12.7. The summed E-state index contributed by atoms with van der Waals surface area (Å²) >= 11 is 0. The number of amides is 2. The van der Waals surface area contributed by atoms with Crippen LogP contribution in [0, 0.1) is 6.92 Å². The molecule has 1 atom stereocenters. The highest BCUT2D eigenvalue weighted by Gasteiger charge is 2.39. The highest BCUT2D eigenvalue weighted by molar-refractivity contribution is 6.22. The molecule has 2 amide bonds. The van der Waals surface area contributed by atoms with Gasteiger partial charge in [0.15, 0.2) is 12.4 Å². The van der Waals surface area contributed by atoms with Gasteiger partial charge in [-0.05, 0) is 43.3 Å². The average Bonchev–Trinajstić information content (AvgIpc) is 3.44. The van der Waals surface area contributed by atoms with Crippen LogP contribution in [0.5, 0.6) is 0 Å². The van der Waals surface area contributed by atoms with E-state index in [-0.39, 0.29) is 36.2 Å². The first-order chi connectivity index (χ1) is 15.9. The zero-order valence-electron chi connectivity index (χ0n) is 17.9. The molecule has 168 valence electrons. The highest BCUT2D eigenvalue weighted by atomic mass is 16.5.